The zero-order chi connectivity index (χ0) is 13.2. The maximum absolute atomic E-state index is 4.59. The highest BCUT2D eigenvalue weighted by Crippen LogP contribution is 2.25. The monoisotopic (exact) mass is 332 g/mol. The molecule has 3 aromatic rings. The molecule has 19 heavy (non-hydrogen) atoms. The summed E-state index contributed by atoms with van der Waals surface area (Å²) in [6, 6.07) is 14.6. The Bertz CT molecular complexity index is 721. The molecule has 2 nitrogen and oxygen atoms in total. The molecule has 0 atom stereocenters. The van der Waals surface area contributed by atoms with Crippen LogP contribution in [0.3, 0.4) is 0 Å². The van der Waals surface area contributed by atoms with Gasteiger partial charge in [-0.2, -0.15) is 0 Å². The van der Waals surface area contributed by atoms with Gasteiger partial charge in [0.05, 0.1) is 11.0 Å². The molecule has 1 N–H and O–H groups in total. The first-order valence-corrected chi connectivity index (χ1v) is 7.83. The van der Waals surface area contributed by atoms with Crippen molar-refractivity contribution in [1.82, 2.24) is 9.97 Å². The van der Waals surface area contributed by atoms with Gasteiger partial charge in [0.2, 0.25) is 0 Å². The van der Waals surface area contributed by atoms with Crippen LogP contribution in [0.2, 0.25) is 0 Å². The molecular formula is C15H13BrN2S. The number of nitrogens with zero attached hydrogens (tertiary/aromatic N) is 1. The minimum atomic E-state index is 0.938. The van der Waals surface area contributed by atoms with Crippen molar-refractivity contribution in [2.24, 2.45) is 0 Å². The topological polar surface area (TPSA) is 28.7 Å². The standard InChI is InChI=1S/C15H13BrN2S/c1-10-4-2-3-5-11(10)9-19-15-17-13-7-6-12(16)8-14(13)18-15/h2-8H,9H2,1H3,(H,17,18). The van der Waals surface area contributed by atoms with E-state index in [2.05, 4.69) is 63.2 Å². The van der Waals surface area contributed by atoms with E-state index in [9.17, 15) is 0 Å². The highest BCUT2D eigenvalue weighted by Gasteiger charge is 2.05. The smallest absolute Gasteiger partial charge is 0.166 e. The van der Waals surface area contributed by atoms with Crippen LogP contribution in [0.15, 0.2) is 52.1 Å². The fraction of sp³-hybridized carbons (Fsp3) is 0.133. The lowest BCUT2D eigenvalue weighted by atomic mass is 10.1. The van der Waals surface area contributed by atoms with Crippen molar-refractivity contribution in [3.63, 3.8) is 0 Å². The molecule has 0 amide bonds. The summed E-state index contributed by atoms with van der Waals surface area (Å²) in [5, 5.41) is 0.969. The Morgan fingerprint density at radius 3 is 2.89 bits per heavy atom. The van der Waals surface area contributed by atoms with Crippen LogP contribution in [0.4, 0.5) is 0 Å². The van der Waals surface area contributed by atoms with Crippen LogP contribution >= 0.6 is 27.7 Å². The van der Waals surface area contributed by atoms with Gasteiger partial charge in [0, 0.05) is 10.2 Å². The molecule has 0 unspecified atom stereocenters. The predicted molar refractivity (Wildman–Crippen MR) is 84.5 cm³/mol. The van der Waals surface area contributed by atoms with Gasteiger partial charge in [0.25, 0.3) is 0 Å². The molecule has 0 spiro atoms. The number of rotatable bonds is 3. The van der Waals surface area contributed by atoms with Gasteiger partial charge < -0.3 is 4.98 Å². The van der Waals surface area contributed by atoms with Gasteiger partial charge in [-0.15, -0.1) is 0 Å². The molecule has 4 heteroatoms. The largest absolute Gasteiger partial charge is 0.333 e. The molecule has 3 rings (SSSR count). The average Bonchev–Trinajstić information content (AvgIpc) is 2.79. The van der Waals surface area contributed by atoms with Crippen molar-refractivity contribution < 1.29 is 0 Å². The van der Waals surface area contributed by atoms with Crippen molar-refractivity contribution in [3.05, 3.63) is 58.1 Å². The number of benzene rings is 2. The van der Waals surface area contributed by atoms with Crippen LogP contribution in [-0.2, 0) is 5.75 Å². The molecule has 0 aliphatic heterocycles. The van der Waals surface area contributed by atoms with Crippen LogP contribution in [0.5, 0.6) is 0 Å². The Balaban J connectivity index is 1.80. The van der Waals surface area contributed by atoms with Gasteiger partial charge in [0.15, 0.2) is 5.16 Å². The number of thioether (sulfide) groups is 1. The van der Waals surface area contributed by atoms with E-state index in [0.29, 0.717) is 0 Å². The Hall–Kier alpha value is -1.26. The SMILES string of the molecule is Cc1ccccc1CSc1nc2ccc(Br)cc2[nH]1. The number of fused-ring (bicyclic) bond motifs is 1. The first-order valence-electron chi connectivity index (χ1n) is 6.05. The molecule has 0 radical (unpaired) electrons. The number of imidazole rings is 1. The molecule has 0 aliphatic carbocycles. The van der Waals surface area contributed by atoms with Gasteiger partial charge >= 0.3 is 0 Å². The highest BCUT2D eigenvalue weighted by molar-refractivity contribution is 9.10. The van der Waals surface area contributed by atoms with Crippen LogP contribution in [-0.4, -0.2) is 9.97 Å². The molecule has 2 aromatic carbocycles. The summed E-state index contributed by atoms with van der Waals surface area (Å²) in [4.78, 5) is 7.93. The van der Waals surface area contributed by atoms with E-state index in [1.807, 2.05) is 12.1 Å². The van der Waals surface area contributed by atoms with E-state index in [0.717, 1.165) is 26.4 Å². The van der Waals surface area contributed by atoms with E-state index >= 15 is 0 Å². The summed E-state index contributed by atoms with van der Waals surface area (Å²) in [7, 11) is 0. The number of nitrogens with one attached hydrogen (secondary N) is 1. The number of halogens is 1. The average molecular weight is 333 g/mol. The quantitative estimate of drug-likeness (QED) is 0.689. The van der Waals surface area contributed by atoms with Crippen molar-refractivity contribution >= 4 is 38.7 Å². The summed E-state index contributed by atoms with van der Waals surface area (Å²) < 4.78 is 1.07. The Morgan fingerprint density at radius 1 is 1.21 bits per heavy atom. The van der Waals surface area contributed by atoms with E-state index < -0.39 is 0 Å². The second kappa shape index (κ2) is 5.39. The molecule has 0 aliphatic rings. The summed E-state index contributed by atoms with van der Waals surface area (Å²) in [5.41, 5.74) is 4.76. The number of hydrogen-bond acceptors (Lipinski definition) is 2. The molecule has 0 fully saturated rings. The van der Waals surface area contributed by atoms with Crippen LogP contribution < -0.4 is 0 Å². The second-order valence-corrected chi connectivity index (χ2v) is 6.30. The van der Waals surface area contributed by atoms with E-state index in [1.165, 1.54) is 11.1 Å². The van der Waals surface area contributed by atoms with Crippen LogP contribution in [0.1, 0.15) is 11.1 Å². The molecule has 0 bridgehead atoms. The Morgan fingerprint density at radius 2 is 2.05 bits per heavy atom. The number of aromatic amines is 1. The maximum Gasteiger partial charge on any atom is 0.166 e. The third kappa shape index (κ3) is 2.85. The second-order valence-electron chi connectivity index (χ2n) is 4.42. The van der Waals surface area contributed by atoms with Crippen LogP contribution in [0, 0.1) is 6.92 Å². The van der Waals surface area contributed by atoms with E-state index in [-0.39, 0.29) is 0 Å². The summed E-state index contributed by atoms with van der Waals surface area (Å²) in [5.74, 6) is 0.938. The number of aryl methyl sites for hydroxylation is 1. The zero-order valence-electron chi connectivity index (χ0n) is 10.5. The number of H-pyrrole nitrogens is 1. The van der Waals surface area contributed by atoms with E-state index in [4.69, 9.17) is 0 Å². The first kappa shape index (κ1) is 12.8. The van der Waals surface area contributed by atoms with Gasteiger partial charge in [-0.3, -0.25) is 0 Å². The first-order chi connectivity index (χ1) is 9.22. The van der Waals surface area contributed by atoms with Gasteiger partial charge in [-0.05, 0) is 36.2 Å². The lowest BCUT2D eigenvalue weighted by molar-refractivity contribution is 1.08. The highest BCUT2D eigenvalue weighted by atomic mass is 79.9. The molecular weight excluding hydrogens is 320 g/mol. The molecule has 96 valence electrons. The number of aromatic nitrogens is 2. The predicted octanol–water partition coefficient (Wildman–Crippen LogP) is 4.93. The summed E-state index contributed by atoms with van der Waals surface area (Å²) >= 11 is 5.21. The fourth-order valence-corrected chi connectivity index (χ4v) is 3.27. The van der Waals surface area contributed by atoms with E-state index in [1.54, 1.807) is 11.8 Å². The fourth-order valence-electron chi connectivity index (χ4n) is 1.94. The Labute approximate surface area is 124 Å². The van der Waals surface area contributed by atoms with Crippen molar-refractivity contribution in [2.45, 2.75) is 17.8 Å². The van der Waals surface area contributed by atoms with Gasteiger partial charge in [-0.25, -0.2) is 4.98 Å². The normalized spacial score (nSPS) is 11.1. The zero-order valence-corrected chi connectivity index (χ0v) is 12.9. The lowest BCUT2D eigenvalue weighted by Gasteiger charge is -2.02. The van der Waals surface area contributed by atoms with Crippen LogP contribution in [0.25, 0.3) is 11.0 Å². The minimum absolute atomic E-state index is 0.938. The summed E-state index contributed by atoms with van der Waals surface area (Å²) in [6.45, 7) is 2.14. The lowest BCUT2D eigenvalue weighted by Crippen LogP contribution is -1.85. The molecule has 1 aromatic heterocycles. The van der Waals surface area contributed by atoms with Crippen molar-refractivity contribution in [2.75, 3.05) is 0 Å². The molecule has 1 heterocycles. The third-order valence-corrected chi connectivity index (χ3v) is 4.46. The third-order valence-electron chi connectivity index (χ3n) is 3.05. The molecule has 0 saturated carbocycles. The maximum atomic E-state index is 4.59. The Kier molecular flexibility index (Phi) is 3.62. The van der Waals surface area contributed by atoms with Gasteiger partial charge in [-0.1, -0.05) is 52.0 Å². The van der Waals surface area contributed by atoms with Crippen molar-refractivity contribution in [3.8, 4) is 0 Å². The summed E-state index contributed by atoms with van der Waals surface area (Å²) in [6.07, 6.45) is 0. The molecule has 0 saturated heterocycles. The minimum Gasteiger partial charge on any atom is -0.333 e. The van der Waals surface area contributed by atoms with Crippen molar-refractivity contribution in [1.29, 1.82) is 0 Å². The van der Waals surface area contributed by atoms with Gasteiger partial charge in [0.1, 0.15) is 0 Å². The number of hydrogen-bond donors (Lipinski definition) is 1.